The molecule has 4 N–H and O–H groups in total. The van der Waals surface area contributed by atoms with Crippen molar-refractivity contribution in [1.29, 1.82) is 0 Å². The lowest BCUT2D eigenvalue weighted by molar-refractivity contribution is -0.123. The highest BCUT2D eigenvalue weighted by Crippen LogP contribution is 2.14. The van der Waals surface area contributed by atoms with Gasteiger partial charge in [-0.2, -0.15) is 13.2 Å². The lowest BCUT2D eigenvalue weighted by Gasteiger charge is -2.10. The molecule has 172 valence electrons. The molecule has 0 atom stereocenters. The summed E-state index contributed by atoms with van der Waals surface area (Å²) in [6.07, 6.45) is -3.10. The molecule has 0 unspecified atom stereocenters. The molecule has 1 heterocycles. The number of furan rings is 1. The van der Waals surface area contributed by atoms with E-state index in [9.17, 15) is 27.6 Å². The number of carbonyl (C=O) groups is 3. The van der Waals surface area contributed by atoms with Crippen LogP contribution in [0, 0.1) is 0 Å². The van der Waals surface area contributed by atoms with E-state index >= 15 is 0 Å². The predicted molar refractivity (Wildman–Crippen MR) is 114 cm³/mol. The van der Waals surface area contributed by atoms with Crippen LogP contribution in [0.15, 0.2) is 71.3 Å². The summed E-state index contributed by atoms with van der Waals surface area (Å²) < 4.78 is 41.5. The van der Waals surface area contributed by atoms with Crippen LogP contribution < -0.4 is 21.3 Å². The van der Waals surface area contributed by atoms with Gasteiger partial charge in [-0.15, -0.1) is 0 Å². The molecule has 3 aromatic rings. The molecule has 0 saturated heterocycles. The summed E-state index contributed by atoms with van der Waals surface area (Å²) in [5, 5.41) is 9.65. The number of anilines is 2. The van der Waals surface area contributed by atoms with E-state index in [4.69, 9.17) is 4.42 Å². The number of nitrogens with one attached hydrogen (secondary N) is 4. The molecule has 8 nitrogen and oxygen atoms in total. The zero-order valence-electron chi connectivity index (χ0n) is 17.0. The van der Waals surface area contributed by atoms with E-state index in [1.807, 2.05) is 0 Å². The van der Waals surface area contributed by atoms with Gasteiger partial charge < -0.3 is 25.7 Å². The van der Waals surface area contributed by atoms with Gasteiger partial charge in [-0.25, -0.2) is 4.79 Å². The van der Waals surface area contributed by atoms with Crippen LogP contribution >= 0.6 is 0 Å². The second kappa shape index (κ2) is 10.4. The fourth-order valence-corrected chi connectivity index (χ4v) is 2.65. The van der Waals surface area contributed by atoms with Gasteiger partial charge >= 0.3 is 12.2 Å². The minimum Gasteiger partial charge on any atom is -0.459 e. The lowest BCUT2D eigenvalue weighted by atomic mass is 10.2. The molecule has 0 radical (unpaired) electrons. The third-order valence-corrected chi connectivity index (χ3v) is 4.26. The van der Waals surface area contributed by atoms with Crippen LogP contribution in [0.4, 0.5) is 29.3 Å². The Morgan fingerprint density at radius 3 is 2.03 bits per heavy atom. The highest BCUT2D eigenvalue weighted by molar-refractivity contribution is 6.02. The van der Waals surface area contributed by atoms with Gasteiger partial charge in [0, 0.05) is 23.5 Å². The summed E-state index contributed by atoms with van der Waals surface area (Å²) in [6, 6.07) is 14.9. The van der Waals surface area contributed by atoms with E-state index in [2.05, 4.69) is 16.0 Å². The number of halogens is 3. The smallest absolute Gasteiger partial charge is 0.405 e. The predicted octanol–water partition coefficient (Wildman–Crippen LogP) is 4.15. The Morgan fingerprint density at radius 1 is 0.788 bits per heavy atom. The van der Waals surface area contributed by atoms with Gasteiger partial charge in [0.25, 0.3) is 11.8 Å². The quantitative estimate of drug-likeness (QED) is 0.424. The minimum absolute atomic E-state index is 0.0319. The Kier molecular flexibility index (Phi) is 7.34. The number of alkyl halides is 3. The summed E-state index contributed by atoms with van der Waals surface area (Å²) in [7, 11) is 0. The zero-order chi connectivity index (χ0) is 23.8. The monoisotopic (exact) mass is 460 g/mol. The summed E-state index contributed by atoms with van der Waals surface area (Å²) in [4.78, 5) is 35.7. The van der Waals surface area contributed by atoms with E-state index < -0.39 is 24.7 Å². The van der Waals surface area contributed by atoms with Crippen LogP contribution in [0.25, 0.3) is 0 Å². The number of benzene rings is 2. The van der Waals surface area contributed by atoms with E-state index in [0.717, 1.165) is 5.56 Å². The van der Waals surface area contributed by atoms with Gasteiger partial charge in [0.1, 0.15) is 6.54 Å². The molecule has 1 aromatic heterocycles. The maximum Gasteiger partial charge on any atom is 0.405 e. The van der Waals surface area contributed by atoms with Gasteiger partial charge in [-0.05, 0) is 54.1 Å². The Bertz CT molecular complexity index is 1100. The van der Waals surface area contributed by atoms with Crippen LogP contribution in [0.5, 0.6) is 0 Å². The molecule has 0 aliphatic rings. The molecule has 2 aromatic carbocycles. The first-order valence-electron chi connectivity index (χ1n) is 9.63. The molecular formula is C22H19F3N4O4. The van der Waals surface area contributed by atoms with Crippen LogP contribution in [0.1, 0.15) is 26.5 Å². The molecule has 0 bridgehead atoms. The maximum atomic E-state index is 12.2. The van der Waals surface area contributed by atoms with E-state index in [-0.39, 0.29) is 23.8 Å². The zero-order valence-corrected chi connectivity index (χ0v) is 17.0. The van der Waals surface area contributed by atoms with E-state index in [1.165, 1.54) is 30.5 Å². The normalized spacial score (nSPS) is 10.9. The fourth-order valence-electron chi connectivity index (χ4n) is 2.65. The van der Waals surface area contributed by atoms with Crippen LogP contribution in [0.3, 0.4) is 0 Å². The number of rotatable bonds is 7. The Labute approximate surface area is 186 Å². The second-order valence-electron chi connectivity index (χ2n) is 6.81. The number of urea groups is 1. The first-order chi connectivity index (χ1) is 15.7. The highest BCUT2D eigenvalue weighted by Gasteiger charge is 2.27. The number of hydrogen-bond acceptors (Lipinski definition) is 4. The van der Waals surface area contributed by atoms with Crippen molar-refractivity contribution < 1.29 is 32.0 Å². The van der Waals surface area contributed by atoms with Crippen molar-refractivity contribution in [3.05, 3.63) is 83.8 Å². The molecule has 3 rings (SSSR count). The lowest BCUT2D eigenvalue weighted by Crippen LogP contribution is -2.33. The topological polar surface area (TPSA) is 112 Å². The largest absolute Gasteiger partial charge is 0.459 e. The van der Waals surface area contributed by atoms with Gasteiger partial charge in [-0.3, -0.25) is 9.59 Å². The summed E-state index contributed by atoms with van der Waals surface area (Å²) >= 11 is 0. The van der Waals surface area contributed by atoms with Crippen molar-refractivity contribution in [3.8, 4) is 0 Å². The summed E-state index contributed by atoms with van der Waals surface area (Å²) in [6.45, 7) is -1.22. The molecule has 33 heavy (non-hydrogen) atoms. The van der Waals surface area contributed by atoms with Crippen molar-refractivity contribution >= 4 is 29.2 Å². The first-order valence-corrected chi connectivity index (χ1v) is 9.63. The van der Waals surface area contributed by atoms with Crippen molar-refractivity contribution in [3.63, 3.8) is 0 Å². The fraction of sp³-hybridized carbons (Fsp3) is 0.136. The third-order valence-electron chi connectivity index (χ3n) is 4.26. The van der Waals surface area contributed by atoms with Crippen LogP contribution in [-0.2, 0) is 6.54 Å². The minimum atomic E-state index is -4.50. The van der Waals surface area contributed by atoms with E-state index in [0.29, 0.717) is 11.4 Å². The van der Waals surface area contributed by atoms with Crippen molar-refractivity contribution in [1.82, 2.24) is 10.6 Å². The maximum absolute atomic E-state index is 12.2. The number of amides is 4. The first kappa shape index (κ1) is 23.4. The number of hydrogen-bond donors (Lipinski definition) is 4. The Morgan fingerprint density at radius 2 is 1.42 bits per heavy atom. The molecule has 0 fully saturated rings. The van der Waals surface area contributed by atoms with Gasteiger partial charge in [0.2, 0.25) is 0 Å². The Hall–Kier alpha value is -4.28. The van der Waals surface area contributed by atoms with Gasteiger partial charge in [0.15, 0.2) is 5.76 Å². The number of carbonyl (C=O) groups excluding carboxylic acids is 3. The second-order valence-corrected chi connectivity index (χ2v) is 6.81. The van der Waals surface area contributed by atoms with Crippen LogP contribution in [-0.4, -0.2) is 30.6 Å². The van der Waals surface area contributed by atoms with Crippen molar-refractivity contribution in [2.45, 2.75) is 12.7 Å². The third kappa shape index (κ3) is 7.42. The molecule has 11 heteroatoms. The molecule has 0 saturated carbocycles. The molecule has 0 spiro atoms. The van der Waals surface area contributed by atoms with Gasteiger partial charge in [-0.1, -0.05) is 12.1 Å². The SMILES string of the molecule is O=C(NCc1ccc(NC(=O)c2ccco2)cc1)Nc1ccc(C(=O)NCC(F)(F)F)cc1. The van der Waals surface area contributed by atoms with Crippen molar-refractivity contribution in [2.24, 2.45) is 0 Å². The average molecular weight is 460 g/mol. The molecular weight excluding hydrogens is 441 g/mol. The van der Waals surface area contributed by atoms with E-state index in [1.54, 1.807) is 41.7 Å². The summed E-state index contributed by atoms with van der Waals surface area (Å²) in [5.74, 6) is -1.06. The molecule has 4 amide bonds. The highest BCUT2D eigenvalue weighted by atomic mass is 19.4. The van der Waals surface area contributed by atoms with Crippen molar-refractivity contribution in [2.75, 3.05) is 17.2 Å². The van der Waals surface area contributed by atoms with Gasteiger partial charge in [0.05, 0.1) is 6.26 Å². The molecule has 0 aliphatic carbocycles. The standard InChI is InChI=1S/C22H19F3N4O4/c23-22(24,25)13-27-19(30)15-5-9-17(10-6-15)29-21(32)26-12-14-3-7-16(8-4-14)28-20(31)18-2-1-11-33-18/h1-11H,12-13H2,(H,27,30)(H,28,31)(H2,26,29,32). The van der Waals surface area contributed by atoms with Crippen LogP contribution in [0.2, 0.25) is 0 Å². The average Bonchev–Trinajstić information content (AvgIpc) is 3.32. The Balaban J connectivity index is 1.44. The summed E-state index contributed by atoms with van der Waals surface area (Å²) in [5.41, 5.74) is 1.72. The molecule has 0 aliphatic heterocycles.